The van der Waals surface area contributed by atoms with Crippen LogP contribution in [-0.4, -0.2) is 5.84 Å². The minimum Gasteiger partial charge on any atom is -0.383 e. The number of amidine groups is 1. The first kappa shape index (κ1) is 15.1. The first-order valence-corrected chi connectivity index (χ1v) is 7.07. The third-order valence-corrected chi connectivity index (χ3v) is 3.18. The predicted octanol–water partition coefficient (Wildman–Crippen LogP) is 4.58. The molecule has 2 aromatic rings. The fourth-order valence-corrected chi connectivity index (χ4v) is 2.12. The first-order chi connectivity index (χ1) is 10.2. The van der Waals surface area contributed by atoms with Gasteiger partial charge < -0.3 is 5.73 Å². The van der Waals surface area contributed by atoms with Gasteiger partial charge in [-0.3, -0.25) is 0 Å². The van der Waals surface area contributed by atoms with E-state index < -0.39 is 0 Å². The van der Waals surface area contributed by atoms with Gasteiger partial charge in [-0.05, 0) is 24.1 Å². The summed E-state index contributed by atoms with van der Waals surface area (Å²) in [4.78, 5) is 4.24. The molecule has 21 heavy (non-hydrogen) atoms. The number of aliphatic imine (C=N–C) groups is 1. The molecule has 3 heteroatoms. The van der Waals surface area contributed by atoms with Crippen molar-refractivity contribution in [3.63, 3.8) is 0 Å². The van der Waals surface area contributed by atoms with Crippen molar-refractivity contribution in [1.29, 1.82) is 0 Å². The van der Waals surface area contributed by atoms with Crippen molar-refractivity contribution < 1.29 is 0 Å². The Morgan fingerprint density at radius 2 is 1.48 bits per heavy atom. The SMILES string of the molecule is C/C=C(\C=C(\Cl)N=C(N)c1ccccc1)c1ccccc1. The van der Waals surface area contributed by atoms with Crippen LogP contribution in [-0.2, 0) is 0 Å². The lowest BCUT2D eigenvalue weighted by Gasteiger charge is -2.03. The molecule has 2 aromatic carbocycles. The van der Waals surface area contributed by atoms with Crippen LogP contribution < -0.4 is 5.73 Å². The zero-order chi connectivity index (χ0) is 15.1. The van der Waals surface area contributed by atoms with Crippen LogP contribution in [0.5, 0.6) is 0 Å². The lowest BCUT2D eigenvalue weighted by Crippen LogP contribution is -2.12. The van der Waals surface area contributed by atoms with Gasteiger partial charge in [-0.2, -0.15) is 0 Å². The number of hydrogen-bond donors (Lipinski definition) is 1. The summed E-state index contributed by atoms with van der Waals surface area (Å²) in [7, 11) is 0. The minimum absolute atomic E-state index is 0.355. The lowest BCUT2D eigenvalue weighted by atomic mass is 10.1. The van der Waals surface area contributed by atoms with Crippen molar-refractivity contribution in [3.05, 3.63) is 89.1 Å². The molecule has 2 rings (SSSR count). The van der Waals surface area contributed by atoms with Gasteiger partial charge in [-0.1, -0.05) is 78.3 Å². The fourth-order valence-electron chi connectivity index (χ4n) is 1.91. The van der Waals surface area contributed by atoms with Crippen molar-refractivity contribution in [3.8, 4) is 0 Å². The molecule has 2 nitrogen and oxygen atoms in total. The summed E-state index contributed by atoms with van der Waals surface area (Å²) in [5.41, 5.74) is 8.90. The van der Waals surface area contributed by atoms with E-state index in [1.807, 2.05) is 79.7 Å². The van der Waals surface area contributed by atoms with E-state index in [4.69, 9.17) is 17.3 Å². The summed E-state index contributed by atoms with van der Waals surface area (Å²) in [6.45, 7) is 1.97. The predicted molar refractivity (Wildman–Crippen MR) is 91.2 cm³/mol. The normalized spacial score (nSPS) is 13.3. The molecule has 0 amide bonds. The van der Waals surface area contributed by atoms with Crippen molar-refractivity contribution in [2.45, 2.75) is 6.92 Å². The van der Waals surface area contributed by atoms with Gasteiger partial charge in [0.1, 0.15) is 11.0 Å². The number of rotatable bonds is 4. The molecular formula is C18H17ClN2. The number of hydrogen-bond acceptors (Lipinski definition) is 1. The topological polar surface area (TPSA) is 38.4 Å². The van der Waals surface area contributed by atoms with Gasteiger partial charge in [0.15, 0.2) is 0 Å². The fraction of sp³-hybridized carbons (Fsp3) is 0.0556. The number of allylic oxidation sites excluding steroid dienone is 3. The highest BCUT2D eigenvalue weighted by molar-refractivity contribution is 6.31. The Labute approximate surface area is 130 Å². The van der Waals surface area contributed by atoms with Gasteiger partial charge >= 0.3 is 0 Å². The van der Waals surface area contributed by atoms with E-state index in [9.17, 15) is 0 Å². The number of nitrogens with zero attached hydrogens (tertiary/aromatic N) is 1. The maximum absolute atomic E-state index is 6.20. The molecule has 0 aliphatic heterocycles. The van der Waals surface area contributed by atoms with Gasteiger partial charge in [-0.15, -0.1) is 0 Å². The van der Waals surface area contributed by atoms with Crippen LogP contribution >= 0.6 is 11.6 Å². The largest absolute Gasteiger partial charge is 0.383 e. The molecule has 0 atom stereocenters. The molecule has 106 valence electrons. The Morgan fingerprint density at radius 3 is 2.00 bits per heavy atom. The van der Waals surface area contributed by atoms with Crippen LogP contribution in [0.1, 0.15) is 18.1 Å². The molecule has 0 unspecified atom stereocenters. The Kier molecular flexibility index (Phi) is 5.35. The van der Waals surface area contributed by atoms with Gasteiger partial charge in [0.05, 0.1) is 0 Å². The van der Waals surface area contributed by atoms with E-state index in [-0.39, 0.29) is 0 Å². The van der Waals surface area contributed by atoms with E-state index in [1.165, 1.54) is 0 Å². The standard InChI is InChI=1S/C18H17ClN2/c1-2-14(15-9-5-3-6-10-15)13-17(19)21-18(20)16-11-7-4-8-12-16/h2-13H,1H3,(H2,20,21)/b14-2+,17-13-. The second-order valence-corrected chi connectivity index (χ2v) is 4.83. The van der Waals surface area contributed by atoms with E-state index in [2.05, 4.69) is 4.99 Å². The molecule has 0 aliphatic carbocycles. The van der Waals surface area contributed by atoms with E-state index in [0.717, 1.165) is 16.7 Å². The monoisotopic (exact) mass is 296 g/mol. The average Bonchev–Trinajstić information content (AvgIpc) is 2.54. The lowest BCUT2D eigenvalue weighted by molar-refractivity contribution is 1.43. The first-order valence-electron chi connectivity index (χ1n) is 6.69. The molecule has 0 saturated carbocycles. The Bertz CT molecular complexity index is 671. The molecule has 0 aliphatic rings. The summed E-state index contributed by atoms with van der Waals surface area (Å²) >= 11 is 6.20. The van der Waals surface area contributed by atoms with Gasteiger partial charge in [0.2, 0.25) is 0 Å². The molecule has 0 fully saturated rings. The molecule has 2 N–H and O–H groups in total. The number of halogens is 1. The Hall–Kier alpha value is -2.32. The second-order valence-electron chi connectivity index (χ2n) is 4.44. The summed E-state index contributed by atoms with van der Waals surface area (Å²) in [6.07, 6.45) is 3.80. The zero-order valence-corrected chi connectivity index (χ0v) is 12.6. The average molecular weight is 297 g/mol. The molecule has 0 radical (unpaired) electrons. The van der Waals surface area contributed by atoms with Crippen LogP contribution in [0.4, 0.5) is 0 Å². The van der Waals surface area contributed by atoms with Crippen LogP contribution in [0.15, 0.2) is 83.0 Å². The van der Waals surface area contributed by atoms with Gasteiger partial charge in [0, 0.05) is 5.56 Å². The van der Waals surface area contributed by atoms with Crippen LogP contribution in [0, 0.1) is 0 Å². The highest BCUT2D eigenvalue weighted by atomic mass is 35.5. The van der Waals surface area contributed by atoms with E-state index >= 15 is 0 Å². The van der Waals surface area contributed by atoms with E-state index in [0.29, 0.717) is 11.0 Å². The maximum Gasteiger partial charge on any atom is 0.132 e. The zero-order valence-electron chi connectivity index (χ0n) is 11.8. The van der Waals surface area contributed by atoms with Crippen LogP contribution in [0.3, 0.4) is 0 Å². The molecule has 0 bridgehead atoms. The highest BCUT2D eigenvalue weighted by Gasteiger charge is 2.01. The summed E-state index contributed by atoms with van der Waals surface area (Å²) < 4.78 is 0. The summed E-state index contributed by atoms with van der Waals surface area (Å²) in [6, 6.07) is 19.6. The molecule has 0 saturated heterocycles. The number of nitrogens with two attached hydrogens (primary N) is 1. The number of benzene rings is 2. The molecular weight excluding hydrogens is 280 g/mol. The van der Waals surface area contributed by atoms with Crippen molar-refractivity contribution >= 4 is 23.0 Å². The summed E-state index contributed by atoms with van der Waals surface area (Å²) in [5.74, 6) is 0.403. The molecule has 0 heterocycles. The second kappa shape index (κ2) is 7.46. The molecule has 0 spiro atoms. The van der Waals surface area contributed by atoms with Crippen molar-refractivity contribution in [1.82, 2.24) is 0 Å². The molecule has 0 aromatic heterocycles. The third-order valence-electron chi connectivity index (χ3n) is 2.99. The smallest absolute Gasteiger partial charge is 0.132 e. The maximum atomic E-state index is 6.20. The third kappa shape index (κ3) is 4.33. The summed E-state index contributed by atoms with van der Waals surface area (Å²) in [5, 5.41) is 0.355. The van der Waals surface area contributed by atoms with Crippen molar-refractivity contribution in [2.24, 2.45) is 10.7 Å². The Balaban J connectivity index is 2.25. The van der Waals surface area contributed by atoms with Gasteiger partial charge in [-0.25, -0.2) is 4.99 Å². The quantitative estimate of drug-likeness (QED) is 0.381. The van der Waals surface area contributed by atoms with Crippen LogP contribution in [0.2, 0.25) is 0 Å². The highest BCUT2D eigenvalue weighted by Crippen LogP contribution is 2.19. The minimum atomic E-state index is 0.355. The van der Waals surface area contributed by atoms with Gasteiger partial charge in [0.25, 0.3) is 0 Å². The van der Waals surface area contributed by atoms with Crippen molar-refractivity contribution in [2.75, 3.05) is 0 Å². The van der Waals surface area contributed by atoms with Crippen LogP contribution in [0.25, 0.3) is 5.57 Å². The Morgan fingerprint density at radius 1 is 0.952 bits per heavy atom. The van der Waals surface area contributed by atoms with E-state index in [1.54, 1.807) is 0 Å².